The summed E-state index contributed by atoms with van der Waals surface area (Å²) in [5, 5.41) is 2.85. The fraction of sp³-hybridized carbons (Fsp3) is 0.214. The van der Waals surface area contributed by atoms with Gasteiger partial charge in [-0.05, 0) is 37.6 Å². The summed E-state index contributed by atoms with van der Waals surface area (Å²) in [5.41, 5.74) is 7.43. The Bertz CT molecular complexity index is 560. The van der Waals surface area contributed by atoms with Crippen LogP contribution in [0.15, 0.2) is 40.8 Å². The molecule has 94 valence electrons. The van der Waals surface area contributed by atoms with Crippen LogP contribution in [0, 0.1) is 6.92 Å². The van der Waals surface area contributed by atoms with Gasteiger partial charge < -0.3 is 15.5 Å². The van der Waals surface area contributed by atoms with Crippen LogP contribution in [-0.4, -0.2) is 5.91 Å². The summed E-state index contributed by atoms with van der Waals surface area (Å²) in [5.74, 6) is 0.791. The topological polar surface area (TPSA) is 68.3 Å². The molecule has 0 aliphatic carbocycles. The molecule has 1 amide bonds. The molecule has 1 atom stereocenters. The maximum Gasteiger partial charge on any atom is 0.287 e. The van der Waals surface area contributed by atoms with E-state index in [9.17, 15) is 4.79 Å². The van der Waals surface area contributed by atoms with Crippen LogP contribution >= 0.6 is 0 Å². The summed E-state index contributed by atoms with van der Waals surface area (Å²) < 4.78 is 5.27. The Labute approximate surface area is 106 Å². The van der Waals surface area contributed by atoms with E-state index in [0.717, 1.165) is 5.56 Å². The molecular formula is C14H16N2O2. The third kappa shape index (κ3) is 2.53. The highest BCUT2D eigenvalue weighted by Gasteiger charge is 2.15. The lowest BCUT2D eigenvalue weighted by atomic mass is 10.1. The summed E-state index contributed by atoms with van der Waals surface area (Å²) in [6.07, 6.45) is 0. The fourth-order valence-corrected chi connectivity index (χ4v) is 1.81. The van der Waals surface area contributed by atoms with Crippen LogP contribution in [0.25, 0.3) is 0 Å². The van der Waals surface area contributed by atoms with Crippen LogP contribution in [0.1, 0.15) is 34.8 Å². The van der Waals surface area contributed by atoms with Gasteiger partial charge in [0.25, 0.3) is 5.91 Å². The van der Waals surface area contributed by atoms with Crippen molar-refractivity contribution >= 4 is 11.6 Å². The molecule has 0 radical (unpaired) electrons. The molecule has 3 N–H and O–H groups in total. The second-order valence-electron chi connectivity index (χ2n) is 4.23. The molecule has 0 spiro atoms. The average molecular weight is 244 g/mol. The van der Waals surface area contributed by atoms with E-state index in [1.54, 1.807) is 19.1 Å². The first-order chi connectivity index (χ1) is 8.58. The summed E-state index contributed by atoms with van der Waals surface area (Å²) in [6.45, 7) is 3.69. The Balaban J connectivity index is 2.10. The molecule has 2 rings (SSSR count). The standard InChI is InChI=1S/C14H16N2O2/c1-9-7-8-13(18-9)14(17)16-10(2)11-5-3-4-6-12(11)15/h3-8,10H,15H2,1-2H3,(H,16,17). The third-order valence-corrected chi connectivity index (χ3v) is 2.77. The molecule has 0 saturated heterocycles. The number of nitrogen functional groups attached to an aromatic ring is 1. The minimum atomic E-state index is -0.237. The second-order valence-corrected chi connectivity index (χ2v) is 4.23. The number of benzene rings is 1. The number of carbonyl (C=O) groups is 1. The lowest BCUT2D eigenvalue weighted by Gasteiger charge is -2.15. The molecule has 0 aliphatic heterocycles. The van der Waals surface area contributed by atoms with E-state index in [4.69, 9.17) is 10.2 Å². The number of nitrogens with two attached hydrogens (primary N) is 1. The van der Waals surface area contributed by atoms with E-state index in [0.29, 0.717) is 17.2 Å². The van der Waals surface area contributed by atoms with E-state index in [-0.39, 0.29) is 11.9 Å². The summed E-state index contributed by atoms with van der Waals surface area (Å²) in [7, 11) is 0. The van der Waals surface area contributed by atoms with Gasteiger partial charge in [0.1, 0.15) is 5.76 Å². The van der Waals surface area contributed by atoms with Gasteiger partial charge in [-0.2, -0.15) is 0 Å². The van der Waals surface area contributed by atoms with Gasteiger partial charge in [-0.15, -0.1) is 0 Å². The molecule has 1 heterocycles. The molecular weight excluding hydrogens is 228 g/mol. The lowest BCUT2D eigenvalue weighted by Crippen LogP contribution is -2.26. The van der Waals surface area contributed by atoms with Crippen LogP contribution in [0.5, 0.6) is 0 Å². The predicted octanol–water partition coefficient (Wildman–Crippen LogP) is 2.66. The predicted molar refractivity (Wildman–Crippen MR) is 70.2 cm³/mol. The lowest BCUT2D eigenvalue weighted by molar-refractivity contribution is 0.0910. The van der Waals surface area contributed by atoms with Gasteiger partial charge in [-0.25, -0.2) is 0 Å². The van der Waals surface area contributed by atoms with Crippen LogP contribution < -0.4 is 11.1 Å². The average Bonchev–Trinajstić information content (AvgIpc) is 2.76. The van der Waals surface area contributed by atoms with Crippen LogP contribution in [-0.2, 0) is 0 Å². The van der Waals surface area contributed by atoms with Gasteiger partial charge >= 0.3 is 0 Å². The minimum absolute atomic E-state index is 0.163. The van der Waals surface area contributed by atoms with Crippen LogP contribution in [0.4, 0.5) is 5.69 Å². The molecule has 0 bridgehead atoms. The third-order valence-electron chi connectivity index (χ3n) is 2.77. The maximum absolute atomic E-state index is 11.9. The summed E-state index contributed by atoms with van der Waals surface area (Å²) in [4.78, 5) is 11.9. The normalized spacial score (nSPS) is 12.1. The van der Waals surface area contributed by atoms with Gasteiger partial charge in [0.2, 0.25) is 0 Å². The Morgan fingerprint density at radius 1 is 1.28 bits per heavy atom. The van der Waals surface area contributed by atoms with Gasteiger partial charge in [-0.3, -0.25) is 4.79 Å². The summed E-state index contributed by atoms with van der Waals surface area (Å²) in [6, 6.07) is 10.7. The molecule has 4 nitrogen and oxygen atoms in total. The monoisotopic (exact) mass is 244 g/mol. The number of nitrogens with one attached hydrogen (secondary N) is 1. The summed E-state index contributed by atoms with van der Waals surface area (Å²) >= 11 is 0. The molecule has 2 aromatic rings. The zero-order chi connectivity index (χ0) is 13.1. The number of carbonyl (C=O) groups excluding carboxylic acids is 1. The number of aryl methyl sites for hydroxylation is 1. The highest BCUT2D eigenvalue weighted by molar-refractivity contribution is 5.91. The second kappa shape index (κ2) is 4.96. The van der Waals surface area contributed by atoms with Crippen molar-refractivity contribution in [2.45, 2.75) is 19.9 Å². The molecule has 0 aliphatic rings. The van der Waals surface area contributed by atoms with E-state index < -0.39 is 0 Å². The first-order valence-electron chi connectivity index (χ1n) is 5.79. The Kier molecular flexibility index (Phi) is 3.37. The van der Waals surface area contributed by atoms with Crippen molar-refractivity contribution in [1.82, 2.24) is 5.32 Å². The van der Waals surface area contributed by atoms with Crippen molar-refractivity contribution in [1.29, 1.82) is 0 Å². The zero-order valence-electron chi connectivity index (χ0n) is 10.4. The number of hydrogen-bond donors (Lipinski definition) is 2. The molecule has 1 aromatic heterocycles. The Morgan fingerprint density at radius 3 is 2.61 bits per heavy atom. The van der Waals surface area contributed by atoms with Gasteiger partial charge in [0.15, 0.2) is 5.76 Å². The number of hydrogen-bond acceptors (Lipinski definition) is 3. The smallest absolute Gasteiger partial charge is 0.287 e. The minimum Gasteiger partial charge on any atom is -0.456 e. The van der Waals surface area contributed by atoms with Crippen molar-refractivity contribution in [3.8, 4) is 0 Å². The molecule has 1 aromatic carbocycles. The van der Waals surface area contributed by atoms with E-state index in [1.165, 1.54) is 0 Å². The SMILES string of the molecule is Cc1ccc(C(=O)NC(C)c2ccccc2N)o1. The quantitative estimate of drug-likeness (QED) is 0.815. The number of para-hydroxylation sites is 1. The van der Waals surface area contributed by atoms with E-state index in [1.807, 2.05) is 31.2 Å². The van der Waals surface area contributed by atoms with Crippen molar-refractivity contribution in [3.63, 3.8) is 0 Å². The van der Waals surface area contributed by atoms with Crippen molar-refractivity contribution < 1.29 is 9.21 Å². The molecule has 18 heavy (non-hydrogen) atoms. The Hall–Kier alpha value is -2.23. The van der Waals surface area contributed by atoms with E-state index >= 15 is 0 Å². The van der Waals surface area contributed by atoms with Gasteiger partial charge in [0, 0.05) is 5.69 Å². The Morgan fingerprint density at radius 2 is 2.00 bits per heavy atom. The number of rotatable bonds is 3. The number of furan rings is 1. The van der Waals surface area contributed by atoms with Crippen molar-refractivity contribution in [2.24, 2.45) is 0 Å². The molecule has 4 heteroatoms. The molecule has 0 fully saturated rings. The fourth-order valence-electron chi connectivity index (χ4n) is 1.81. The van der Waals surface area contributed by atoms with Crippen molar-refractivity contribution in [3.05, 3.63) is 53.5 Å². The largest absolute Gasteiger partial charge is 0.456 e. The molecule has 0 saturated carbocycles. The van der Waals surface area contributed by atoms with Crippen molar-refractivity contribution in [2.75, 3.05) is 5.73 Å². The van der Waals surface area contributed by atoms with E-state index in [2.05, 4.69) is 5.32 Å². The van der Waals surface area contributed by atoms with Gasteiger partial charge in [0.05, 0.1) is 6.04 Å². The van der Waals surface area contributed by atoms with Crippen LogP contribution in [0.2, 0.25) is 0 Å². The highest BCUT2D eigenvalue weighted by atomic mass is 16.3. The molecule has 1 unspecified atom stereocenters. The first kappa shape index (κ1) is 12.2. The highest BCUT2D eigenvalue weighted by Crippen LogP contribution is 2.20. The number of amides is 1. The zero-order valence-corrected chi connectivity index (χ0v) is 10.4. The first-order valence-corrected chi connectivity index (χ1v) is 5.79. The maximum atomic E-state index is 11.9. The number of anilines is 1. The van der Waals surface area contributed by atoms with Crippen LogP contribution in [0.3, 0.4) is 0 Å². The van der Waals surface area contributed by atoms with Gasteiger partial charge in [-0.1, -0.05) is 18.2 Å².